The first-order valence-corrected chi connectivity index (χ1v) is 22.4. The number of carbonyl (C=O) groups excluding carboxylic acids is 8. The van der Waals surface area contributed by atoms with Crippen molar-refractivity contribution in [3.05, 3.63) is 71.8 Å². The average Bonchev–Trinajstić information content (AvgIpc) is 3.25. The molecule has 0 aliphatic heterocycles. The van der Waals surface area contributed by atoms with Gasteiger partial charge in [-0.3, -0.25) is 38.4 Å². The lowest BCUT2D eigenvalue weighted by molar-refractivity contribution is -0.143. The Morgan fingerprint density at radius 3 is 1.32 bits per heavy atom. The molecule has 2 aromatic rings. The number of hydrogen-bond acceptors (Lipinski definition) is 10. The first-order valence-electron chi connectivity index (χ1n) is 22.4. The van der Waals surface area contributed by atoms with E-state index in [1.165, 1.54) is 6.92 Å². The molecule has 0 fully saturated rings. The Morgan fingerprint density at radius 1 is 0.470 bits per heavy atom. The summed E-state index contributed by atoms with van der Waals surface area (Å²) >= 11 is 0. The van der Waals surface area contributed by atoms with Gasteiger partial charge in [0.2, 0.25) is 47.3 Å². The number of benzene rings is 2. The normalized spacial score (nSPS) is 14.4. The predicted octanol–water partition coefficient (Wildman–Crippen LogP) is 0.449. The van der Waals surface area contributed by atoms with Gasteiger partial charge >= 0.3 is 5.97 Å². The van der Waals surface area contributed by atoms with Crippen LogP contribution in [0.1, 0.15) is 86.3 Å². The fourth-order valence-corrected chi connectivity index (χ4v) is 6.59. The average molecular weight is 922 g/mol. The number of nitrogens with two attached hydrogens (primary N) is 1. The maximum absolute atomic E-state index is 14.1. The quantitative estimate of drug-likeness (QED) is 0.0587. The maximum atomic E-state index is 14.1. The van der Waals surface area contributed by atoms with E-state index in [2.05, 4.69) is 42.5 Å². The third-order valence-corrected chi connectivity index (χ3v) is 10.4. The number of carbonyl (C=O) groups is 9. The standard InChI is InChI=1S/C47H71N9O10/c1-26(2)20-33(55-46(64)39(48)28(5)6)42(60)51-30(9)41(59)50-24-37(57)49-25-38(58)52-35(22-31-16-12-10-13-17-31)43(61)54-36(23-32-18-14-11-15-19-32)44(62)53-34(21-27(3)4)45(63)56-40(29(7)8)47(65)66/h10-19,26-30,33-36,39-40H,20-25,48H2,1-9H3,(H,49,57)(H,50,59)(H,51,60)(H,52,58)(H,53,62)(H,54,61)(H,55,64)(H,56,63)(H,65,66)/t30-,33-,34-,35-,36-,39-,40-/m0/s1. The van der Waals surface area contributed by atoms with Crippen molar-refractivity contribution in [2.24, 2.45) is 29.4 Å². The molecule has 19 heteroatoms. The van der Waals surface area contributed by atoms with E-state index in [0.717, 1.165) is 0 Å². The van der Waals surface area contributed by atoms with Gasteiger partial charge < -0.3 is 53.4 Å². The van der Waals surface area contributed by atoms with Crippen molar-refractivity contribution in [2.45, 2.75) is 130 Å². The Bertz CT molecular complexity index is 1950. The van der Waals surface area contributed by atoms with Crippen molar-refractivity contribution in [1.29, 1.82) is 0 Å². The second-order valence-corrected chi connectivity index (χ2v) is 18.0. The summed E-state index contributed by atoms with van der Waals surface area (Å²) in [6.07, 6.45) is 0.437. The van der Waals surface area contributed by atoms with E-state index in [1.54, 1.807) is 88.4 Å². The van der Waals surface area contributed by atoms with Crippen LogP contribution in [0.4, 0.5) is 0 Å². The van der Waals surface area contributed by atoms with Crippen LogP contribution in [-0.4, -0.2) is 114 Å². The van der Waals surface area contributed by atoms with Crippen LogP contribution < -0.4 is 48.3 Å². The maximum Gasteiger partial charge on any atom is 0.326 e. The molecular formula is C47H71N9O10. The van der Waals surface area contributed by atoms with Crippen molar-refractivity contribution in [3.8, 4) is 0 Å². The van der Waals surface area contributed by atoms with E-state index in [9.17, 15) is 48.3 Å². The van der Waals surface area contributed by atoms with E-state index in [-0.39, 0.29) is 43.4 Å². The molecule has 0 aliphatic carbocycles. The van der Waals surface area contributed by atoms with Crippen LogP contribution in [0.15, 0.2) is 60.7 Å². The second-order valence-electron chi connectivity index (χ2n) is 18.0. The highest BCUT2D eigenvalue weighted by molar-refractivity contribution is 5.97. The number of aliphatic carboxylic acids is 1. The number of carboxylic acids is 1. The van der Waals surface area contributed by atoms with Crippen molar-refractivity contribution < 1.29 is 48.3 Å². The minimum absolute atomic E-state index is 0.00362. The molecule has 8 amide bonds. The van der Waals surface area contributed by atoms with Crippen molar-refractivity contribution in [2.75, 3.05) is 13.1 Å². The third-order valence-electron chi connectivity index (χ3n) is 10.4. The lowest BCUT2D eigenvalue weighted by atomic mass is 9.99. The minimum atomic E-state index is -1.26. The summed E-state index contributed by atoms with van der Waals surface area (Å²) in [4.78, 5) is 118. The van der Waals surface area contributed by atoms with Crippen LogP contribution in [0.25, 0.3) is 0 Å². The number of nitrogens with one attached hydrogen (secondary N) is 8. The molecule has 7 atom stereocenters. The Kier molecular flexibility index (Phi) is 23.5. The highest BCUT2D eigenvalue weighted by Crippen LogP contribution is 2.12. The molecule has 0 heterocycles. The molecule has 11 N–H and O–H groups in total. The summed E-state index contributed by atoms with van der Waals surface area (Å²) in [5.74, 6) is -7.39. The van der Waals surface area contributed by atoms with Gasteiger partial charge in [-0.2, -0.15) is 0 Å². The zero-order valence-electron chi connectivity index (χ0n) is 39.6. The SMILES string of the molecule is CC(C)C[C@H](NC(=O)[C@H](Cc1ccccc1)NC(=O)[C@H](Cc1ccccc1)NC(=O)CNC(=O)CNC(=O)[C@H](C)NC(=O)[C@H](CC(C)C)NC(=O)[C@@H](N)C(C)C)C(=O)N[C@H](C(=O)O)C(C)C. The molecule has 0 spiro atoms. The predicted molar refractivity (Wildman–Crippen MR) is 248 cm³/mol. The van der Waals surface area contributed by atoms with Gasteiger partial charge in [0, 0.05) is 12.8 Å². The molecule has 0 bridgehead atoms. The lowest BCUT2D eigenvalue weighted by Crippen LogP contribution is -2.59. The van der Waals surface area contributed by atoms with Gasteiger partial charge in [-0.25, -0.2) is 4.79 Å². The van der Waals surface area contributed by atoms with E-state index in [1.807, 2.05) is 27.7 Å². The Hall–Kier alpha value is -6.37. The van der Waals surface area contributed by atoms with Crippen LogP contribution >= 0.6 is 0 Å². The Balaban J connectivity index is 2.17. The summed E-state index contributed by atoms with van der Waals surface area (Å²) in [6.45, 7) is 14.5. The first kappa shape index (κ1) is 55.8. The number of rotatable bonds is 27. The summed E-state index contributed by atoms with van der Waals surface area (Å²) in [7, 11) is 0. The molecule has 0 saturated carbocycles. The van der Waals surface area contributed by atoms with Crippen LogP contribution in [0.2, 0.25) is 0 Å². The Labute approximate surface area is 387 Å². The minimum Gasteiger partial charge on any atom is -0.480 e. The molecule has 0 radical (unpaired) electrons. The molecule has 66 heavy (non-hydrogen) atoms. The van der Waals surface area contributed by atoms with E-state index in [0.29, 0.717) is 11.1 Å². The van der Waals surface area contributed by atoms with Gasteiger partial charge in [0.1, 0.15) is 36.3 Å². The van der Waals surface area contributed by atoms with Gasteiger partial charge in [0.05, 0.1) is 19.1 Å². The summed E-state index contributed by atoms with van der Waals surface area (Å²) < 4.78 is 0. The molecule has 0 aliphatic rings. The number of carboxylic acid groups (broad SMARTS) is 1. The van der Waals surface area contributed by atoms with Gasteiger partial charge in [-0.1, -0.05) is 116 Å². The zero-order chi connectivity index (χ0) is 49.7. The highest BCUT2D eigenvalue weighted by atomic mass is 16.4. The zero-order valence-corrected chi connectivity index (χ0v) is 39.6. The summed E-state index contributed by atoms with van der Waals surface area (Å²) in [5.41, 5.74) is 7.29. The first-order chi connectivity index (χ1) is 31.0. The Morgan fingerprint density at radius 2 is 0.879 bits per heavy atom. The monoisotopic (exact) mass is 922 g/mol. The van der Waals surface area contributed by atoms with Gasteiger partial charge in [0.25, 0.3) is 0 Å². The molecule has 2 aromatic carbocycles. The van der Waals surface area contributed by atoms with E-state index < -0.39 is 115 Å². The van der Waals surface area contributed by atoms with E-state index >= 15 is 0 Å². The fraction of sp³-hybridized carbons (Fsp3) is 0.553. The molecule has 0 unspecified atom stereocenters. The molecule has 364 valence electrons. The summed E-state index contributed by atoms with van der Waals surface area (Å²) in [6, 6.07) is 9.83. The largest absolute Gasteiger partial charge is 0.480 e. The molecular weight excluding hydrogens is 851 g/mol. The van der Waals surface area contributed by atoms with Crippen LogP contribution in [0.5, 0.6) is 0 Å². The van der Waals surface area contributed by atoms with Crippen LogP contribution in [0, 0.1) is 23.7 Å². The lowest BCUT2D eigenvalue weighted by Gasteiger charge is -2.27. The number of amides is 8. The third kappa shape index (κ3) is 20.2. The molecule has 2 rings (SSSR count). The van der Waals surface area contributed by atoms with Gasteiger partial charge in [-0.15, -0.1) is 0 Å². The van der Waals surface area contributed by atoms with Crippen LogP contribution in [0.3, 0.4) is 0 Å². The topological polar surface area (TPSA) is 296 Å². The van der Waals surface area contributed by atoms with Gasteiger partial charge in [-0.05, 0) is 54.6 Å². The summed E-state index contributed by atoms with van der Waals surface area (Å²) in [5, 5.41) is 30.3. The van der Waals surface area contributed by atoms with Crippen molar-refractivity contribution >= 4 is 53.2 Å². The number of hydrogen-bond donors (Lipinski definition) is 10. The molecule has 0 aromatic heterocycles. The second kappa shape index (κ2) is 27.8. The highest BCUT2D eigenvalue weighted by Gasteiger charge is 2.33. The fourth-order valence-electron chi connectivity index (χ4n) is 6.59. The van der Waals surface area contributed by atoms with Gasteiger partial charge in [0.15, 0.2) is 0 Å². The molecule has 19 nitrogen and oxygen atoms in total. The van der Waals surface area contributed by atoms with Crippen LogP contribution in [-0.2, 0) is 56.0 Å². The van der Waals surface area contributed by atoms with Crippen molar-refractivity contribution in [1.82, 2.24) is 42.5 Å². The molecule has 0 saturated heterocycles. The smallest absolute Gasteiger partial charge is 0.326 e. The van der Waals surface area contributed by atoms with E-state index in [4.69, 9.17) is 5.73 Å². The van der Waals surface area contributed by atoms with Crippen molar-refractivity contribution in [3.63, 3.8) is 0 Å².